The molecule has 0 saturated carbocycles. The van der Waals surface area contributed by atoms with Gasteiger partial charge in [-0.25, -0.2) is 0 Å². The van der Waals surface area contributed by atoms with Crippen LogP contribution in [0.25, 0.3) is 0 Å². The number of halogens is 1. The molecule has 1 atom stereocenters. The van der Waals surface area contributed by atoms with Crippen molar-refractivity contribution in [2.75, 3.05) is 20.1 Å². The number of carbonyl (C=O) groups is 1. The number of carbonyl (C=O) groups excluding carboxylic acids is 1. The highest BCUT2D eigenvalue weighted by Gasteiger charge is 2.27. The lowest BCUT2D eigenvalue weighted by Gasteiger charge is -2.07. The highest BCUT2D eigenvalue weighted by Crippen LogP contribution is 2.25. The van der Waals surface area contributed by atoms with Crippen molar-refractivity contribution in [1.29, 1.82) is 0 Å². The normalized spacial score (nSPS) is 22.5. The van der Waals surface area contributed by atoms with Crippen LogP contribution >= 0.6 is 22.9 Å². The summed E-state index contributed by atoms with van der Waals surface area (Å²) in [5.41, 5.74) is 0. The molecule has 15 heavy (non-hydrogen) atoms. The summed E-state index contributed by atoms with van der Waals surface area (Å²) in [6, 6.07) is 3.97. The Kier molecular flexibility index (Phi) is 3.44. The molecule has 2 nitrogen and oxygen atoms in total. The second-order valence-electron chi connectivity index (χ2n) is 4.10. The van der Waals surface area contributed by atoms with Crippen molar-refractivity contribution in [3.63, 3.8) is 0 Å². The van der Waals surface area contributed by atoms with E-state index in [4.69, 9.17) is 11.6 Å². The number of likely N-dealkylation sites (tertiary alicyclic amines) is 1. The Morgan fingerprint density at radius 2 is 2.40 bits per heavy atom. The maximum Gasteiger partial charge on any atom is 0.151 e. The van der Waals surface area contributed by atoms with Crippen molar-refractivity contribution in [3.05, 3.63) is 21.3 Å². The van der Waals surface area contributed by atoms with Crippen LogP contribution in [-0.2, 0) is 11.2 Å². The molecule has 1 aliphatic heterocycles. The number of hydrogen-bond acceptors (Lipinski definition) is 3. The molecular formula is C11H14ClNOS. The van der Waals surface area contributed by atoms with Crippen molar-refractivity contribution in [2.24, 2.45) is 5.92 Å². The fraction of sp³-hybridized carbons (Fsp3) is 0.545. The van der Waals surface area contributed by atoms with E-state index in [-0.39, 0.29) is 5.92 Å². The van der Waals surface area contributed by atoms with Crippen LogP contribution in [0.4, 0.5) is 0 Å². The lowest BCUT2D eigenvalue weighted by molar-refractivity contribution is -0.119. The van der Waals surface area contributed by atoms with Gasteiger partial charge >= 0.3 is 0 Å². The van der Waals surface area contributed by atoms with Gasteiger partial charge in [0, 0.05) is 17.3 Å². The van der Waals surface area contributed by atoms with E-state index >= 15 is 0 Å². The molecule has 1 aliphatic rings. The first-order chi connectivity index (χ1) is 7.15. The van der Waals surface area contributed by atoms with Crippen LogP contribution in [0.15, 0.2) is 12.1 Å². The summed E-state index contributed by atoms with van der Waals surface area (Å²) in [5, 5.41) is 0. The van der Waals surface area contributed by atoms with Gasteiger partial charge in [-0.05, 0) is 32.0 Å². The molecule has 4 heteroatoms. The summed E-state index contributed by atoms with van der Waals surface area (Å²) in [6.45, 7) is 1.54. The topological polar surface area (TPSA) is 20.3 Å². The molecule has 1 saturated heterocycles. The van der Waals surface area contributed by atoms with E-state index in [1.807, 2.05) is 13.1 Å². The van der Waals surface area contributed by atoms with E-state index in [1.165, 1.54) is 4.88 Å². The number of nitrogens with zero attached hydrogens (tertiary/aromatic N) is 1. The third-order valence-electron chi connectivity index (χ3n) is 2.78. The van der Waals surface area contributed by atoms with Gasteiger partial charge in [0.05, 0.1) is 10.9 Å². The lowest BCUT2D eigenvalue weighted by atomic mass is 10.0. The van der Waals surface area contributed by atoms with Gasteiger partial charge in [0.1, 0.15) is 0 Å². The molecule has 1 aromatic heterocycles. The Hall–Kier alpha value is -0.380. The third-order valence-corrected chi connectivity index (χ3v) is 4.07. The SMILES string of the molecule is CN1CC(=O)C(CCc2ccc(Cl)s2)C1. The van der Waals surface area contributed by atoms with E-state index in [0.717, 1.165) is 23.7 Å². The first kappa shape index (κ1) is 11.1. The molecule has 1 aromatic rings. The van der Waals surface area contributed by atoms with Crippen LogP contribution in [0, 0.1) is 5.92 Å². The van der Waals surface area contributed by atoms with Crippen LogP contribution in [0.2, 0.25) is 4.34 Å². The summed E-state index contributed by atoms with van der Waals surface area (Å²) < 4.78 is 0.833. The summed E-state index contributed by atoms with van der Waals surface area (Å²) >= 11 is 7.46. The molecule has 2 rings (SSSR count). The summed E-state index contributed by atoms with van der Waals surface area (Å²) in [4.78, 5) is 14.9. The Bertz CT molecular complexity index is 363. The van der Waals surface area contributed by atoms with Crippen molar-refractivity contribution >= 4 is 28.7 Å². The van der Waals surface area contributed by atoms with E-state index in [2.05, 4.69) is 11.0 Å². The van der Waals surface area contributed by atoms with Gasteiger partial charge in [-0.3, -0.25) is 9.69 Å². The van der Waals surface area contributed by atoms with Gasteiger partial charge in [-0.1, -0.05) is 11.6 Å². The van der Waals surface area contributed by atoms with Crippen LogP contribution in [0.1, 0.15) is 11.3 Å². The number of ketones is 1. The van der Waals surface area contributed by atoms with Crippen LogP contribution < -0.4 is 0 Å². The van der Waals surface area contributed by atoms with Crippen LogP contribution in [-0.4, -0.2) is 30.8 Å². The van der Waals surface area contributed by atoms with Gasteiger partial charge in [-0.15, -0.1) is 11.3 Å². The third kappa shape index (κ3) is 2.80. The Labute approximate surface area is 98.8 Å². The minimum absolute atomic E-state index is 0.232. The largest absolute Gasteiger partial charge is 0.298 e. The predicted molar refractivity (Wildman–Crippen MR) is 63.6 cm³/mol. The molecule has 0 radical (unpaired) electrons. The van der Waals surface area contributed by atoms with Crippen molar-refractivity contribution in [1.82, 2.24) is 4.90 Å². The van der Waals surface area contributed by atoms with Crippen molar-refractivity contribution in [3.8, 4) is 0 Å². The molecule has 0 N–H and O–H groups in total. The molecule has 0 bridgehead atoms. The molecule has 1 unspecified atom stereocenters. The zero-order chi connectivity index (χ0) is 10.8. The number of likely N-dealkylation sites (N-methyl/N-ethyl adjacent to an activating group) is 1. The number of hydrogen-bond donors (Lipinski definition) is 0. The fourth-order valence-corrected chi connectivity index (χ4v) is 3.10. The van der Waals surface area contributed by atoms with Gasteiger partial charge in [0.15, 0.2) is 5.78 Å². The van der Waals surface area contributed by atoms with Crippen LogP contribution in [0.5, 0.6) is 0 Å². The fourth-order valence-electron chi connectivity index (χ4n) is 1.99. The average molecular weight is 244 g/mol. The molecule has 82 valence electrons. The zero-order valence-corrected chi connectivity index (χ0v) is 10.3. The van der Waals surface area contributed by atoms with E-state index in [0.29, 0.717) is 12.3 Å². The number of thiophene rings is 1. The molecule has 1 fully saturated rings. The molecule has 0 spiro atoms. The first-order valence-electron chi connectivity index (χ1n) is 5.10. The minimum atomic E-state index is 0.232. The van der Waals surface area contributed by atoms with E-state index in [9.17, 15) is 4.79 Å². The van der Waals surface area contributed by atoms with Crippen molar-refractivity contribution in [2.45, 2.75) is 12.8 Å². The standard InChI is InChI=1S/C11H14ClNOS/c1-13-6-8(10(14)7-13)2-3-9-4-5-11(12)15-9/h4-5,8H,2-3,6-7H2,1H3. The highest BCUT2D eigenvalue weighted by atomic mass is 35.5. The second kappa shape index (κ2) is 4.64. The highest BCUT2D eigenvalue weighted by molar-refractivity contribution is 7.16. The quantitative estimate of drug-likeness (QED) is 0.813. The average Bonchev–Trinajstić information content (AvgIpc) is 2.70. The summed E-state index contributed by atoms with van der Waals surface area (Å²) in [5.74, 6) is 0.621. The molecule has 0 amide bonds. The predicted octanol–water partition coefficient (Wildman–Crippen LogP) is 2.46. The number of aryl methyl sites for hydroxylation is 1. The second-order valence-corrected chi connectivity index (χ2v) is 5.90. The minimum Gasteiger partial charge on any atom is -0.298 e. The van der Waals surface area contributed by atoms with Gasteiger partial charge in [0.25, 0.3) is 0 Å². The van der Waals surface area contributed by atoms with Gasteiger partial charge in [-0.2, -0.15) is 0 Å². The molecule has 2 heterocycles. The summed E-state index contributed by atoms with van der Waals surface area (Å²) in [6.07, 6.45) is 1.93. The van der Waals surface area contributed by atoms with Crippen LogP contribution in [0.3, 0.4) is 0 Å². The van der Waals surface area contributed by atoms with Gasteiger partial charge < -0.3 is 0 Å². The molecule has 0 aliphatic carbocycles. The maximum atomic E-state index is 11.5. The Balaban J connectivity index is 1.86. The Morgan fingerprint density at radius 1 is 1.60 bits per heavy atom. The smallest absolute Gasteiger partial charge is 0.151 e. The Morgan fingerprint density at radius 3 is 2.93 bits per heavy atom. The first-order valence-corrected chi connectivity index (χ1v) is 6.30. The monoisotopic (exact) mass is 243 g/mol. The van der Waals surface area contributed by atoms with E-state index < -0.39 is 0 Å². The number of Topliss-reactive ketones (excluding diaryl/α,β-unsaturated/α-hetero) is 1. The lowest BCUT2D eigenvalue weighted by Crippen LogP contribution is -2.14. The van der Waals surface area contributed by atoms with Gasteiger partial charge in [0.2, 0.25) is 0 Å². The molecular weight excluding hydrogens is 230 g/mol. The zero-order valence-electron chi connectivity index (χ0n) is 8.70. The maximum absolute atomic E-state index is 11.5. The number of rotatable bonds is 3. The molecule has 0 aromatic carbocycles. The van der Waals surface area contributed by atoms with Crippen molar-refractivity contribution < 1.29 is 4.79 Å². The summed E-state index contributed by atoms with van der Waals surface area (Å²) in [7, 11) is 2.00. The van der Waals surface area contributed by atoms with E-state index in [1.54, 1.807) is 11.3 Å².